The van der Waals surface area contributed by atoms with Gasteiger partial charge in [-0.3, -0.25) is 4.79 Å². The van der Waals surface area contributed by atoms with Gasteiger partial charge in [0.2, 0.25) is 6.79 Å². The van der Waals surface area contributed by atoms with Crippen molar-refractivity contribution >= 4 is 11.6 Å². The summed E-state index contributed by atoms with van der Waals surface area (Å²) in [6.07, 6.45) is 0. The number of hydrogen-bond acceptors (Lipinski definition) is 4. The van der Waals surface area contributed by atoms with Crippen LogP contribution in [-0.4, -0.2) is 18.4 Å². The molecule has 0 atom stereocenters. The summed E-state index contributed by atoms with van der Waals surface area (Å²) in [6, 6.07) is 5.02. The zero-order chi connectivity index (χ0) is 11.5. The van der Waals surface area contributed by atoms with E-state index in [0.29, 0.717) is 17.1 Å². The van der Waals surface area contributed by atoms with Crippen LogP contribution < -0.4 is 14.9 Å². The molecule has 0 saturated heterocycles. The quantitative estimate of drug-likeness (QED) is 0.607. The number of hydrogen-bond donors (Lipinski definition) is 1. The van der Waals surface area contributed by atoms with E-state index >= 15 is 0 Å². The van der Waals surface area contributed by atoms with Crippen molar-refractivity contribution in [1.82, 2.24) is 5.43 Å². The third-order valence-electron chi connectivity index (χ3n) is 2.02. The summed E-state index contributed by atoms with van der Waals surface area (Å²) in [5.41, 5.74) is 3.72. The van der Waals surface area contributed by atoms with E-state index in [2.05, 4.69) is 10.5 Å². The number of amides is 1. The van der Waals surface area contributed by atoms with Crippen LogP contribution in [0.4, 0.5) is 0 Å². The number of ether oxygens (including phenoxy) is 2. The Hall–Kier alpha value is -2.04. The SMILES string of the molecule is CC(C)=NNC(=O)c1ccc2c(c1)OCO2. The second-order valence-electron chi connectivity index (χ2n) is 3.57. The Kier molecular flexibility index (Phi) is 2.76. The monoisotopic (exact) mass is 220 g/mol. The number of nitrogens with one attached hydrogen (secondary N) is 1. The van der Waals surface area contributed by atoms with Crippen LogP contribution in [0.5, 0.6) is 11.5 Å². The molecule has 0 spiro atoms. The maximum atomic E-state index is 11.6. The molecule has 1 aliphatic heterocycles. The first-order valence-electron chi connectivity index (χ1n) is 4.87. The number of carbonyl (C=O) groups is 1. The van der Waals surface area contributed by atoms with Crippen molar-refractivity contribution in [3.63, 3.8) is 0 Å². The van der Waals surface area contributed by atoms with E-state index in [-0.39, 0.29) is 12.7 Å². The molecule has 2 rings (SSSR count). The molecule has 0 radical (unpaired) electrons. The molecule has 0 bridgehead atoms. The van der Waals surface area contributed by atoms with Crippen LogP contribution in [-0.2, 0) is 0 Å². The van der Waals surface area contributed by atoms with E-state index in [4.69, 9.17) is 9.47 Å². The van der Waals surface area contributed by atoms with Gasteiger partial charge in [-0.15, -0.1) is 0 Å². The molecule has 84 valence electrons. The topological polar surface area (TPSA) is 59.9 Å². The summed E-state index contributed by atoms with van der Waals surface area (Å²) < 4.78 is 10.3. The molecule has 1 aliphatic rings. The summed E-state index contributed by atoms with van der Waals surface area (Å²) in [5.74, 6) is 0.982. The molecule has 5 nitrogen and oxygen atoms in total. The highest BCUT2D eigenvalue weighted by molar-refractivity contribution is 5.95. The van der Waals surface area contributed by atoms with Crippen LogP contribution in [0.25, 0.3) is 0 Å². The van der Waals surface area contributed by atoms with E-state index in [0.717, 1.165) is 5.71 Å². The first-order valence-corrected chi connectivity index (χ1v) is 4.87. The number of nitrogens with zero attached hydrogens (tertiary/aromatic N) is 1. The van der Waals surface area contributed by atoms with Gasteiger partial charge in [-0.2, -0.15) is 5.10 Å². The number of hydrazone groups is 1. The van der Waals surface area contributed by atoms with Gasteiger partial charge >= 0.3 is 0 Å². The maximum absolute atomic E-state index is 11.6. The molecule has 0 aromatic heterocycles. The Bertz CT molecular complexity index is 451. The lowest BCUT2D eigenvalue weighted by Crippen LogP contribution is -2.18. The van der Waals surface area contributed by atoms with Gasteiger partial charge < -0.3 is 9.47 Å². The molecule has 16 heavy (non-hydrogen) atoms. The summed E-state index contributed by atoms with van der Waals surface area (Å²) in [4.78, 5) is 11.6. The fourth-order valence-corrected chi connectivity index (χ4v) is 1.26. The van der Waals surface area contributed by atoms with Crippen molar-refractivity contribution < 1.29 is 14.3 Å². The normalized spacial score (nSPS) is 12.1. The fourth-order valence-electron chi connectivity index (χ4n) is 1.26. The van der Waals surface area contributed by atoms with E-state index in [1.165, 1.54) is 0 Å². The molecule has 5 heteroatoms. The smallest absolute Gasteiger partial charge is 0.271 e. The van der Waals surface area contributed by atoms with E-state index in [1.807, 2.05) is 0 Å². The Morgan fingerprint density at radius 3 is 2.81 bits per heavy atom. The van der Waals surface area contributed by atoms with Crippen LogP contribution in [0.2, 0.25) is 0 Å². The lowest BCUT2D eigenvalue weighted by molar-refractivity contribution is 0.0954. The van der Waals surface area contributed by atoms with Crippen LogP contribution in [0.15, 0.2) is 23.3 Å². The van der Waals surface area contributed by atoms with Crippen LogP contribution in [0.3, 0.4) is 0 Å². The van der Waals surface area contributed by atoms with E-state index < -0.39 is 0 Å². The highest BCUT2D eigenvalue weighted by Gasteiger charge is 2.15. The second-order valence-corrected chi connectivity index (χ2v) is 3.57. The van der Waals surface area contributed by atoms with Crippen molar-refractivity contribution in [3.05, 3.63) is 23.8 Å². The molecular formula is C11H12N2O3. The Labute approximate surface area is 93.1 Å². The molecule has 0 saturated carbocycles. The van der Waals surface area contributed by atoms with E-state index in [9.17, 15) is 4.79 Å². The first kappa shape index (κ1) is 10.5. The fraction of sp³-hybridized carbons (Fsp3) is 0.273. The minimum absolute atomic E-state index is 0.201. The van der Waals surface area contributed by atoms with Crippen LogP contribution >= 0.6 is 0 Å². The highest BCUT2D eigenvalue weighted by Crippen LogP contribution is 2.32. The molecule has 1 heterocycles. The first-order chi connectivity index (χ1) is 7.66. The van der Waals surface area contributed by atoms with Gasteiger partial charge in [-0.25, -0.2) is 5.43 Å². The summed E-state index contributed by atoms with van der Waals surface area (Å²) in [7, 11) is 0. The van der Waals surface area contributed by atoms with Gasteiger partial charge in [-0.1, -0.05) is 0 Å². The van der Waals surface area contributed by atoms with Gasteiger partial charge in [0.15, 0.2) is 11.5 Å². The third kappa shape index (κ3) is 2.13. The number of benzene rings is 1. The average molecular weight is 220 g/mol. The van der Waals surface area contributed by atoms with Gasteiger partial charge in [0.05, 0.1) is 0 Å². The molecule has 0 unspecified atom stereocenters. The zero-order valence-electron chi connectivity index (χ0n) is 9.11. The lowest BCUT2D eigenvalue weighted by Gasteiger charge is -2.01. The Balaban J connectivity index is 2.15. The van der Waals surface area contributed by atoms with Crippen molar-refractivity contribution in [3.8, 4) is 11.5 Å². The Morgan fingerprint density at radius 2 is 2.06 bits per heavy atom. The molecule has 1 N–H and O–H groups in total. The van der Waals surface area contributed by atoms with Crippen molar-refractivity contribution in [2.24, 2.45) is 5.10 Å². The number of fused-ring (bicyclic) bond motifs is 1. The van der Waals surface area contributed by atoms with Crippen LogP contribution in [0.1, 0.15) is 24.2 Å². The van der Waals surface area contributed by atoms with Gasteiger partial charge in [0.25, 0.3) is 5.91 Å². The predicted molar refractivity (Wildman–Crippen MR) is 58.8 cm³/mol. The van der Waals surface area contributed by atoms with Gasteiger partial charge in [0.1, 0.15) is 0 Å². The van der Waals surface area contributed by atoms with Gasteiger partial charge in [-0.05, 0) is 32.0 Å². The van der Waals surface area contributed by atoms with Crippen molar-refractivity contribution in [2.75, 3.05) is 6.79 Å². The molecule has 0 aliphatic carbocycles. The molecule has 1 aromatic carbocycles. The molecule has 1 amide bonds. The average Bonchev–Trinajstić information content (AvgIpc) is 2.72. The number of rotatable bonds is 2. The molecule has 1 aromatic rings. The molecule has 0 fully saturated rings. The van der Waals surface area contributed by atoms with Crippen molar-refractivity contribution in [2.45, 2.75) is 13.8 Å². The van der Waals surface area contributed by atoms with Gasteiger partial charge in [0, 0.05) is 11.3 Å². The Morgan fingerprint density at radius 1 is 1.31 bits per heavy atom. The highest BCUT2D eigenvalue weighted by atomic mass is 16.7. The minimum Gasteiger partial charge on any atom is -0.454 e. The summed E-state index contributed by atoms with van der Waals surface area (Å²) in [5, 5.41) is 3.84. The summed E-state index contributed by atoms with van der Waals surface area (Å²) >= 11 is 0. The number of carbonyl (C=O) groups excluding carboxylic acids is 1. The van der Waals surface area contributed by atoms with E-state index in [1.54, 1.807) is 32.0 Å². The van der Waals surface area contributed by atoms with Crippen LogP contribution in [0, 0.1) is 0 Å². The predicted octanol–water partition coefficient (Wildman–Crippen LogP) is 1.54. The lowest BCUT2D eigenvalue weighted by atomic mass is 10.2. The minimum atomic E-state index is -0.264. The zero-order valence-corrected chi connectivity index (χ0v) is 9.11. The second kappa shape index (κ2) is 4.22. The standard InChI is InChI=1S/C11H12N2O3/c1-7(2)12-13-11(14)8-3-4-9-10(5-8)16-6-15-9/h3-5H,6H2,1-2H3,(H,13,14). The largest absolute Gasteiger partial charge is 0.454 e. The molecular weight excluding hydrogens is 208 g/mol. The maximum Gasteiger partial charge on any atom is 0.271 e. The summed E-state index contributed by atoms with van der Waals surface area (Å²) in [6.45, 7) is 3.81. The van der Waals surface area contributed by atoms with Crippen molar-refractivity contribution in [1.29, 1.82) is 0 Å². The third-order valence-corrected chi connectivity index (χ3v) is 2.02.